The number of benzene rings is 2. The summed E-state index contributed by atoms with van der Waals surface area (Å²) in [5.74, 6) is -0.713. The van der Waals surface area contributed by atoms with E-state index in [2.05, 4.69) is 10.0 Å². The zero-order valence-electron chi connectivity index (χ0n) is 14.6. The van der Waals surface area contributed by atoms with Gasteiger partial charge in [-0.1, -0.05) is 0 Å². The van der Waals surface area contributed by atoms with Crippen LogP contribution in [-0.2, 0) is 14.8 Å². The molecule has 2 aromatic rings. The Labute approximate surface area is 152 Å². The Morgan fingerprint density at radius 3 is 2.46 bits per heavy atom. The molecular weight excluding hydrogens is 359 g/mol. The second-order valence-electron chi connectivity index (χ2n) is 5.70. The molecule has 2 N–H and O–H groups in total. The number of anilines is 1. The van der Waals surface area contributed by atoms with Crippen LogP contribution in [0.2, 0.25) is 0 Å². The van der Waals surface area contributed by atoms with Crippen molar-refractivity contribution in [3.8, 4) is 0 Å². The number of rotatable bonds is 8. The van der Waals surface area contributed by atoms with Crippen molar-refractivity contribution in [3.63, 3.8) is 0 Å². The number of carbonyl (C=O) groups is 1. The van der Waals surface area contributed by atoms with Gasteiger partial charge in [0, 0.05) is 31.5 Å². The van der Waals surface area contributed by atoms with Crippen LogP contribution < -0.4 is 10.0 Å². The lowest BCUT2D eigenvalue weighted by atomic mass is 10.2. The van der Waals surface area contributed by atoms with Gasteiger partial charge in [0.25, 0.3) is 15.9 Å². The Morgan fingerprint density at radius 1 is 1.15 bits per heavy atom. The predicted octanol–water partition coefficient (Wildman–Crippen LogP) is 2.70. The molecular formula is C18H21FN2O4S. The van der Waals surface area contributed by atoms with Gasteiger partial charge in [-0.05, 0) is 61.4 Å². The first-order chi connectivity index (χ1) is 12.3. The minimum atomic E-state index is -3.84. The van der Waals surface area contributed by atoms with Gasteiger partial charge in [-0.25, -0.2) is 12.8 Å². The van der Waals surface area contributed by atoms with Crippen molar-refractivity contribution < 1.29 is 22.3 Å². The summed E-state index contributed by atoms with van der Waals surface area (Å²) in [4.78, 5) is 11.9. The average Bonchev–Trinajstić information content (AvgIpc) is 2.61. The van der Waals surface area contributed by atoms with Crippen LogP contribution in [0.3, 0.4) is 0 Å². The molecule has 0 aliphatic heterocycles. The van der Waals surface area contributed by atoms with E-state index in [-0.39, 0.29) is 16.4 Å². The fourth-order valence-electron chi connectivity index (χ4n) is 2.21. The van der Waals surface area contributed by atoms with Gasteiger partial charge in [0.15, 0.2) is 0 Å². The lowest BCUT2D eigenvalue weighted by Crippen LogP contribution is -2.25. The number of aryl methyl sites for hydroxylation is 1. The summed E-state index contributed by atoms with van der Waals surface area (Å²) in [7, 11) is -2.25. The van der Waals surface area contributed by atoms with Gasteiger partial charge in [0.2, 0.25) is 0 Å². The third-order valence-electron chi connectivity index (χ3n) is 3.65. The number of hydrogen-bond donors (Lipinski definition) is 2. The van der Waals surface area contributed by atoms with Gasteiger partial charge in [-0.15, -0.1) is 0 Å². The topological polar surface area (TPSA) is 84.5 Å². The third-order valence-corrected chi connectivity index (χ3v) is 5.03. The van der Waals surface area contributed by atoms with Crippen molar-refractivity contribution in [2.45, 2.75) is 18.2 Å². The van der Waals surface area contributed by atoms with Crippen molar-refractivity contribution in [1.29, 1.82) is 0 Å². The first-order valence-corrected chi connectivity index (χ1v) is 9.48. The highest BCUT2D eigenvalue weighted by Gasteiger charge is 2.16. The van der Waals surface area contributed by atoms with E-state index < -0.39 is 15.8 Å². The fraction of sp³-hybridized carbons (Fsp3) is 0.278. The van der Waals surface area contributed by atoms with Crippen LogP contribution in [0.1, 0.15) is 22.3 Å². The van der Waals surface area contributed by atoms with E-state index in [0.29, 0.717) is 30.8 Å². The highest BCUT2D eigenvalue weighted by molar-refractivity contribution is 7.92. The van der Waals surface area contributed by atoms with Gasteiger partial charge >= 0.3 is 0 Å². The van der Waals surface area contributed by atoms with E-state index in [0.717, 1.165) is 6.07 Å². The van der Waals surface area contributed by atoms with Crippen LogP contribution >= 0.6 is 0 Å². The van der Waals surface area contributed by atoms with Crippen LogP contribution in [0.15, 0.2) is 47.4 Å². The second-order valence-corrected chi connectivity index (χ2v) is 7.38. The summed E-state index contributed by atoms with van der Waals surface area (Å²) in [6.45, 7) is 2.54. The van der Waals surface area contributed by atoms with Crippen molar-refractivity contribution in [1.82, 2.24) is 5.32 Å². The minimum Gasteiger partial charge on any atom is -0.385 e. The predicted molar refractivity (Wildman–Crippen MR) is 97.2 cm³/mol. The number of halogens is 1. The highest BCUT2D eigenvalue weighted by Crippen LogP contribution is 2.19. The van der Waals surface area contributed by atoms with Gasteiger partial charge < -0.3 is 10.1 Å². The van der Waals surface area contributed by atoms with Crippen molar-refractivity contribution in [3.05, 3.63) is 59.4 Å². The molecule has 0 bridgehead atoms. The van der Waals surface area contributed by atoms with E-state index in [4.69, 9.17) is 4.74 Å². The number of carbonyl (C=O) groups excluding carboxylic acids is 1. The minimum absolute atomic E-state index is 0.0311. The van der Waals surface area contributed by atoms with Crippen LogP contribution in [0.4, 0.5) is 10.1 Å². The maximum atomic E-state index is 13.3. The zero-order chi connectivity index (χ0) is 19.2. The molecule has 2 aromatic carbocycles. The van der Waals surface area contributed by atoms with Crippen LogP contribution in [0.25, 0.3) is 0 Å². The number of nitrogens with one attached hydrogen (secondary N) is 2. The molecule has 8 heteroatoms. The normalized spacial score (nSPS) is 11.2. The molecule has 0 saturated carbocycles. The summed E-state index contributed by atoms with van der Waals surface area (Å²) in [5.41, 5.74) is 0.972. The van der Waals surface area contributed by atoms with E-state index in [9.17, 15) is 17.6 Å². The molecule has 0 aromatic heterocycles. The van der Waals surface area contributed by atoms with Gasteiger partial charge in [0.1, 0.15) is 5.82 Å². The summed E-state index contributed by atoms with van der Waals surface area (Å²) < 4.78 is 45.3. The number of hydrogen-bond acceptors (Lipinski definition) is 4. The third kappa shape index (κ3) is 5.27. The second kappa shape index (κ2) is 8.77. The molecule has 0 saturated heterocycles. The molecule has 6 nitrogen and oxygen atoms in total. The molecule has 140 valence electrons. The lowest BCUT2D eigenvalue weighted by Gasteiger charge is -2.10. The molecule has 0 atom stereocenters. The first-order valence-electron chi connectivity index (χ1n) is 7.99. The highest BCUT2D eigenvalue weighted by atomic mass is 32.2. The Bertz CT molecular complexity index is 867. The SMILES string of the molecule is COCCCNC(=O)c1ccc(NS(=O)(=O)c2ccc(F)c(C)c2)cc1. The molecule has 0 spiro atoms. The molecule has 0 aliphatic carbocycles. The van der Waals surface area contributed by atoms with Gasteiger partial charge in [-0.2, -0.15) is 0 Å². The number of amides is 1. The molecule has 1 amide bonds. The van der Waals surface area contributed by atoms with E-state index >= 15 is 0 Å². The van der Waals surface area contributed by atoms with Crippen molar-refractivity contribution in [2.75, 3.05) is 25.0 Å². The maximum Gasteiger partial charge on any atom is 0.261 e. The fourth-order valence-corrected chi connectivity index (χ4v) is 3.35. The zero-order valence-corrected chi connectivity index (χ0v) is 15.4. The lowest BCUT2D eigenvalue weighted by molar-refractivity contribution is 0.0948. The Morgan fingerprint density at radius 2 is 1.85 bits per heavy atom. The number of methoxy groups -OCH3 is 1. The average molecular weight is 380 g/mol. The molecule has 0 unspecified atom stereocenters. The standard InChI is InChI=1S/C18H21FN2O4S/c1-13-12-16(8-9-17(13)19)26(23,24)21-15-6-4-14(5-7-15)18(22)20-10-3-11-25-2/h4-9,12,21H,3,10-11H2,1-2H3,(H,20,22). The van der Waals surface area contributed by atoms with E-state index in [1.54, 1.807) is 7.11 Å². The molecule has 0 fully saturated rings. The van der Waals surface area contributed by atoms with Gasteiger partial charge in [0.05, 0.1) is 4.90 Å². The first kappa shape index (κ1) is 19.9. The Balaban J connectivity index is 2.03. The molecule has 0 heterocycles. The van der Waals surface area contributed by atoms with Crippen LogP contribution in [0, 0.1) is 12.7 Å². The molecule has 26 heavy (non-hydrogen) atoms. The smallest absolute Gasteiger partial charge is 0.261 e. The van der Waals surface area contributed by atoms with Crippen molar-refractivity contribution in [2.24, 2.45) is 0 Å². The summed E-state index contributed by atoms with van der Waals surface area (Å²) in [5, 5.41) is 2.75. The summed E-state index contributed by atoms with van der Waals surface area (Å²) in [6, 6.07) is 9.63. The largest absolute Gasteiger partial charge is 0.385 e. The number of sulfonamides is 1. The van der Waals surface area contributed by atoms with E-state index in [1.165, 1.54) is 43.3 Å². The van der Waals surface area contributed by atoms with Gasteiger partial charge in [-0.3, -0.25) is 9.52 Å². The molecule has 2 rings (SSSR count). The van der Waals surface area contributed by atoms with E-state index in [1.807, 2.05) is 0 Å². The Hall–Kier alpha value is -2.45. The summed E-state index contributed by atoms with van der Waals surface area (Å²) in [6.07, 6.45) is 0.706. The summed E-state index contributed by atoms with van der Waals surface area (Å²) >= 11 is 0. The molecule has 0 aliphatic rings. The van der Waals surface area contributed by atoms with Crippen molar-refractivity contribution >= 4 is 21.6 Å². The van der Waals surface area contributed by atoms with Crippen LogP contribution in [0.5, 0.6) is 0 Å². The molecule has 0 radical (unpaired) electrons. The van der Waals surface area contributed by atoms with Crippen LogP contribution in [-0.4, -0.2) is 34.6 Å². The monoisotopic (exact) mass is 380 g/mol. The quantitative estimate of drug-likeness (QED) is 0.690. The number of ether oxygens (including phenoxy) is 1. The Kier molecular flexibility index (Phi) is 6.70. The maximum absolute atomic E-state index is 13.3.